The van der Waals surface area contributed by atoms with Crippen molar-refractivity contribution in [2.75, 3.05) is 13.6 Å². The van der Waals surface area contributed by atoms with Crippen LogP contribution in [0, 0.1) is 15.9 Å². The number of aromatic hydroxyl groups is 1. The predicted molar refractivity (Wildman–Crippen MR) is 53.6 cm³/mol. The molecule has 0 aliphatic rings. The maximum atomic E-state index is 13.0. The second-order valence-corrected chi connectivity index (χ2v) is 3.19. The highest BCUT2D eigenvalue weighted by Gasteiger charge is 2.23. The minimum Gasteiger partial charge on any atom is -0.502 e. The van der Waals surface area contributed by atoms with Gasteiger partial charge in [-0.1, -0.05) is 0 Å². The van der Waals surface area contributed by atoms with Crippen LogP contribution in [0.15, 0.2) is 12.1 Å². The molecule has 0 spiro atoms. The molecule has 0 amide bonds. The molecule has 1 unspecified atom stereocenters. The van der Waals surface area contributed by atoms with Crippen LogP contribution in [-0.4, -0.2) is 28.7 Å². The Balaban J connectivity index is 3.23. The average Bonchev–Trinajstić information content (AvgIpc) is 2.20. The molecule has 7 heteroatoms. The molecule has 3 N–H and O–H groups in total. The number of hydrogen-bond acceptors (Lipinski definition) is 5. The SMILES string of the molecule is CNCC(O)c1cc(F)cc([N+](=O)[O-])c1O. The molecule has 6 nitrogen and oxygen atoms in total. The van der Waals surface area contributed by atoms with Gasteiger partial charge in [0.25, 0.3) is 0 Å². The number of rotatable bonds is 4. The van der Waals surface area contributed by atoms with Gasteiger partial charge < -0.3 is 15.5 Å². The molecule has 0 heterocycles. The Labute approximate surface area is 90.5 Å². The number of nitrogens with one attached hydrogen (secondary N) is 1. The van der Waals surface area contributed by atoms with Crippen molar-refractivity contribution < 1.29 is 19.5 Å². The zero-order valence-electron chi connectivity index (χ0n) is 8.48. The lowest BCUT2D eigenvalue weighted by atomic mass is 10.1. The first kappa shape index (κ1) is 12.3. The highest BCUT2D eigenvalue weighted by Crippen LogP contribution is 2.34. The van der Waals surface area contributed by atoms with Crippen molar-refractivity contribution in [1.82, 2.24) is 5.32 Å². The minimum absolute atomic E-state index is 0.0498. The van der Waals surface area contributed by atoms with E-state index in [9.17, 15) is 24.7 Å². The van der Waals surface area contributed by atoms with Crippen molar-refractivity contribution in [3.8, 4) is 5.75 Å². The number of nitro benzene ring substituents is 1. The molecule has 1 aromatic carbocycles. The first-order valence-electron chi connectivity index (χ1n) is 4.46. The number of aliphatic hydroxyl groups excluding tert-OH is 1. The van der Waals surface area contributed by atoms with Gasteiger partial charge in [-0.05, 0) is 13.1 Å². The van der Waals surface area contributed by atoms with Crippen molar-refractivity contribution in [3.63, 3.8) is 0 Å². The average molecular weight is 230 g/mol. The monoisotopic (exact) mass is 230 g/mol. The topological polar surface area (TPSA) is 95.6 Å². The van der Waals surface area contributed by atoms with Crippen LogP contribution in [0.25, 0.3) is 0 Å². The fraction of sp³-hybridized carbons (Fsp3) is 0.333. The fourth-order valence-electron chi connectivity index (χ4n) is 1.30. The maximum absolute atomic E-state index is 13.0. The van der Waals surface area contributed by atoms with E-state index in [1.54, 1.807) is 7.05 Å². The van der Waals surface area contributed by atoms with Crippen LogP contribution >= 0.6 is 0 Å². The number of phenolic OH excluding ortho intramolecular Hbond substituents is 1. The molecule has 0 aromatic heterocycles. The third-order valence-electron chi connectivity index (χ3n) is 2.04. The molecule has 0 saturated carbocycles. The van der Waals surface area contributed by atoms with E-state index in [-0.39, 0.29) is 12.1 Å². The van der Waals surface area contributed by atoms with Gasteiger partial charge in [-0.3, -0.25) is 10.1 Å². The van der Waals surface area contributed by atoms with E-state index in [1.165, 1.54) is 0 Å². The molecule has 88 valence electrons. The summed E-state index contributed by atoms with van der Waals surface area (Å²) in [5.74, 6) is -1.59. The highest BCUT2D eigenvalue weighted by atomic mass is 19.1. The van der Waals surface area contributed by atoms with Gasteiger partial charge in [-0.15, -0.1) is 0 Å². The molecule has 16 heavy (non-hydrogen) atoms. The summed E-state index contributed by atoms with van der Waals surface area (Å²) in [5.41, 5.74) is -0.966. The normalized spacial score (nSPS) is 12.4. The van der Waals surface area contributed by atoms with E-state index in [1.807, 2.05) is 0 Å². The molecule has 1 aromatic rings. The number of hydrogen-bond donors (Lipinski definition) is 3. The first-order valence-corrected chi connectivity index (χ1v) is 4.46. The Bertz CT molecular complexity index is 411. The Morgan fingerprint density at radius 2 is 2.25 bits per heavy atom. The lowest BCUT2D eigenvalue weighted by Crippen LogP contribution is -2.17. The molecular formula is C9H11FN2O4. The number of nitro groups is 1. The quantitative estimate of drug-likeness (QED) is 0.522. The summed E-state index contributed by atoms with van der Waals surface area (Å²) in [6.45, 7) is 0.0498. The Hall–Kier alpha value is -1.73. The van der Waals surface area contributed by atoms with E-state index < -0.39 is 28.3 Å². The second kappa shape index (κ2) is 4.86. The fourth-order valence-corrected chi connectivity index (χ4v) is 1.30. The number of nitrogens with zero attached hydrogens (tertiary/aromatic N) is 1. The molecule has 0 aliphatic heterocycles. The highest BCUT2D eigenvalue weighted by molar-refractivity contribution is 5.52. The molecular weight excluding hydrogens is 219 g/mol. The van der Waals surface area contributed by atoms with Crippen LogP contribution in [0.3, 0.4) is 0 Å². The van der Waals surface area contributed by atoms with Gasteiger partial charge in [-0.25, -0.2) is 4.39 Å². The second-order valence-electron chi connectivity index (χ2n) is 3.19. The lowest BCUT2D eigenvalue weighted by molar-refractivity contribution is -0.386. The number of likely N-dealkylation sites (N-methyl/N-ethyl adjacent to an activating group) is 1. The molecule has 0 fully saturated rings. The van der Waals surface area contributed by atoms with Crippen LogP contribution < -0.4 is 5.32 Å². The van der Waals surface area contributed by atoms with Gasteiger partial charge >= 0.3 is 5.69 Å². The van der Waals surface area contributed by atoms with Crippen molar-refractivity contribution in [2.24, 2.45) is 0 Å². The smallest absolute Gasteiger partial charge is 0.314 e. The maximum Gasteiger partial charge on any atom is 0.314 e. The summed E-state index contributed by atoms with van der Waals surface area (Å²) >= 11 is 0. The van der Waals surface area contributed by atoms with E-state index >= 15 is 0 Å². The van der Waals surface area contributed by atoms with Crippen LogP contribution in [0.5, 0.6) is 5.75 Å². The predicted octanol–water partition coefficient (Wildman–Crippen LogP) is 0.692. The standard InChI is InChI=1S/C9H11FN2O4/c1-11-4-8(13)6-2-5(10)3-7(9(6)14)12(15)16/h2-3,8,11,13-14H,4H2,1H3. The zero-order valence-corrected chi connectivity index (χ0v) is 8.48. The number of aliphatic hydroxyl groups is 1. The van der Waals surface area contributed by atoms with Crippen molar-refractivity contribution >= 4 is 5.69 Å². The minimum atomic E-state index is -1.21. The summed E-state index contributed by atoms with van der Waals surface area (Å²) in [7, 11) is 1.55. The van der Waals surface area contributed by atoms with Crippen molar-refractivity contribution in [2.45, 2.75) is 6.10 Å². The molecule has 1 rings (SSSR count). The summed E-state index contributed by atoms with van der Waals surface area (Å²) in [5, 5.41) is 32.1. The van der Waals surface area contributed by atoms with Gasteiger partial charge in [0.05, 0.1) is 17.1 Å². The zero-order chi connectivity index (χ0) is 12.3. The van der Waals surface area contributed by atoms with Gasteiger partial charge in [0.1, 0.15) is 5.82 Å². The Morgan fingerprint density at radius 3 is 2.75 bits per heavy atom. The van der Waals surface area contributed by atoms with Gasteiger partial charge in [0, 0.05) is 12.1 Å². The van der Waals surface area contributed by atoms with Crippen LogP contribution in [0.4, 0.5) is 10.1 Å². The van der Waals surface area contributed by atoms with Gasteiger partial charge in [-0.2, -0.15) is 0 Å². The summed E-state index contributed by atoms with van der Waals surface area (Å²) in [6, 6.07) is 1.47. The molecule has 0 aliphatic carbocycles. The van der Waals surface area contributed by atoms with E-state index in [2.05, 4.69) is 5.32 Å². The van der Waals surface area contributed by atoms with E-state index in [4.69, 9.17) is 0 Å². The molecule has 0 saturated heterocycles. The van der Waals surface area contributed by atoms with Crippen molar-refractivity contribution in [3.05, 3.63) is 33.6 Å². The van der Waals surface area contributed by atoms with E-state index in [0.29, 0.717) is 6.07 Å². The summed E-state index contributed by atoms with van der Waals surface area (Å²) in [4.78, 5) is 9.58. The molecule has 1 atom stereocenters. The third-order valence-corrected chi connectivity index (χ3v) is 2.04. The lowest BCUT2D eigenvalue weighted by Gasteiger charge is -2.12. The molecule has 0 radical (unpaired) electrons. The van der Waals surface area contributed by atoms with Crippen LogP contribution in [-0.2, 0) is 0 Å². The van der Waals surface area contributed by atoms with Crippen LogP contribution in [0.2, 0.25) is 0 Å². The first-order chi connectivity index (χ1) is 7.47. The largest absolute Gasteiger partial charge is 0.502 e. The Morgan fingerprint density at radius 1 is 1.62 bits per heavy atom. The van der Waals surface area contributed by atoms with Gasteiger partial charge in [0.2, 0.25) is 0 Å². The van der Waals surface area contributed by atoms with Crippen LogP contribution in [0.1, 0.15) is 11.7 Å². The van der Waals surface area contributed by atoms with Gasteiger partial charge in [0.15, 0.2) is 5.75 Å². The van der Waals surface area contributed by atoms with Crippen molar-refractivity contribution in [1.29, 1.82) is 0 Å². The summed E-state index contributed by atoms with van der Waals surface area (Å²) in [6.07, 6.45) is -1.21. The molecule has 0 bridgehead atoms. The third kappa shape index (κ3) is 2.44. The number of benzene rings is 1. The number of phenols is 1. The summed E-state index contributed by atoms with van der Waals surface area (Å²) < 4.78 is 13.0. The van der Waals surface area contributed by atoms with E-state index in [0.717, 1.165) is 6.07 Å². The Kier molecular flexibility index (Phi) is 3.75. The number of halogens is 1.